The predicted molar refractivity (Wildman–Crippen MR) is 125 cm³/mol. The average molecular weight is 479 g/mol. The number of hydrogen-bond donors (Lipinski definition) is 0. The summed E-state index contributed by atoms with van der Waals surface area (Å²) < 4.78 is 22.9. The molecule has 2 fully saturated rings. The van der Waals surface area contributed by atoms with E-state index in [0.717, 1.165) is 0 Å². The molecule has 0 atom stereocenters. The van der Waals surface area contributed by atoms with E-state index in [4.69, 9.17) is 18.9 Å². The van der Waals surface area contributed by atoms with Crippen molar-refractivity contribution in [2.45, 2.75) is 90.6 Å². The van der Waals surface area contributed by atoms with Crippen molar-refractivity contribution >= 4 is 12.2 Å². The minimum Gasteiger partial charge on any atom is -0.474 e. The zero-order valence-corrected chi connectivity index (χ0v) is 21.2. The number of amides is 2. The number of likely N-dealkylation sites (tertiary alicyclic amines) is 2. The highest BCUT2D eigenvalue weighted by Crippen LogP contribution is 2.24. The van der Waals surface area contributed by atoms with Gasteiger partial charge in [0.2, 0.25) is 11.8 Å². The van der Waals surface area contributed by atoms with Gasteiger partial charge in [-0.05, 0) is 41.5 Å². The first-order valence-corrected chi connectivity index (χ1v) is 12.0. The summed E-state index contributed by atoms with van der Waals surface area (Å²) in [7, 11) is 0. The smallest absolute Gasteiger partial charge is 0.410 e. The summed E-state index contributed by atoms with van der Waals surface area (Å²) in [6.45, 7) is 13.5. The van der Waals surface area contributed by atoms with Crippen LogP contribution in [0.5, 0.6) is 11.8 Å². The van der Waals surface area contributed by atoms with E-state index in [9.17, 15) is 9.59 Å². The Morgan fingerprint density at radius 1 is 0.735 bits per heavy atom. The van der Waals surface area contributed by atoms with Gasteiger partial charge in [-0.1, -0.05) is 0 Å². The van der Waals surface area contributed by atoms with Crippen LogP contribution in [0, 0.1) is 0 Å². The summed E-state index contributed by atoms with van der Waals surface area (Å²) in [6.07, 6.45) is 3.55. The lowest BCUT2D eigenvalue weighted by molar-refractivity contribution is 0.0118. The van der Waals surface area contributed by atoms with Crippen molar-refractivity contribution in [3.63, 3.8) is 0 Å². The van der Waals surface area contributed by atoms with Crippen molar-refractivity contribution in [1.82, 2.24) is 19.8 Å². The van der Waals surface area contributed by atoms with E-state index in [2.05, 4.69) is 9.97 Å². The first-order chi connectivity index (χ1) is 15.9. The second-order valence-electron chi connectivity index (χ2n) is 10.8. The Kier molecular flexibility index (Phi) is 8.09. The van der Waals surface area contributed by atoms with E-state index >= 15 is 0 Å². The summed E-state index contributed by atoms with van der Waals surface area (Å²) in [4.78, 5) is 36.3. The highest BCUT2D eigenvalue weighted by atomic mass is 16.6. The maximum Gasteiger partial charge on any atom is 0.410 e. The number of hydrogen-bond acceptors (Lipinski definition) is 8. The molecule has 1 aromatic heterocycles. The van der Waals surface area contributed by atoms with E-state index in [1.165, 1.54) is 6.33 Å². The van der Waals surface area contributed by atoms with E-state index < -0.39 is 11.2 Å². The van der Waals surface area contributed by atoms with Gasteiger partial charge in [0.05, 0.1) is 6.07 Å². The van der Waals surface area contributed by atoms with Gasteiger partial charge in [-0.15, -0.1) is 0 Å². The van der Waals surface area contributed by atoms with Crippen LogP contribution in [-0.2, 0) is 9.47 Å². The Bertz CT molecular complexity index is 769. The molecule has 0 radical (unpaired) electrons. The van der Waals surface area contributed by atoms with Gasteiger partial charge in [0.25, 0.3) is 0 Å². The molecule has 190 valence electrons. The second-order valence-corrected chi connectivity index (χ2v) is 10.8. The Labute approximate surface area is 201 Å². The summed E-state index contributed by atoms with van der Waals surface area (Å²) >= 11 is 0. The molecule has 3 rings (SSSR count). The summed E-state index contributed by atoms with van der Waals surface area (Å²) in [5, 5.41) is 0. The number of ether oxygens (including phenoxy) is 4. The first kappa shape index (κ1) is 25.8. The zero-order valence-electron chi connectivity index (χ0n) is 21.2. The SMILES string of the molecule is CC(C)(C)OC(=O)N1CCC(Oc2cc(OC3CCN(C(=O)OC(C)(C)C)CC3)ncn2)CC1. The number of nitrogens with zero attached hydrogens (tertiary/aromatic N) is 4. The van der Waals surface area contributed by atoms with Crippen LogP contribution in [0.2, 0.25) is 0 Å². The lowest BCUT2D eigenvalue weighted by Crippen LogP contribution is -2.44. The molecule has 0 spiro atoms. The normalized spacial score (nSPS) is 18.4. The molecule has 10 heteroatoms. The standard InChI is InChI=1S/C24H38N4O6/c1-23(2,3)33-21(29)27-11-7-17(8-12-27)31-19-15-20(26-16-25-19)32-18-9-13-28(14-10-18)22(30)34-24(4,5)6/h15-18H,7-14H2,1-6H3. The predicted octanol–water partition coefficient (Wildman–Crippen LogP) is 4.03. The van der Waals surface area contributed by atoms with Crippen molar-refractivity contribution < 1.29 is 28.5 Å². The fraction of sp³-hybridized carbons (Fsp3) is 0.750. The summed E-state index contributed by atoms with van der Waals surface area (Å²) in [6, 6.07) is 1.69. The molecule has 0 bridgehead atoms. The molecule has 3 heterocycles. The quantitative estimate of drug-likeness (QED) is 0.639. The van der Waals surface area contributed by atoms with Gasteiger partial charge in [-0.25, -0.2) is 19.6 Å². The van der Waals surface area contributed by atoms with Crippen molar-refractivity contribution in [2.75, 3.05) is 26.2 Å². The number of carbonyl (C=O) groups is 2. The van der Waals surface area contributed by atoms with Gasteiger partial charge in [-0.2, -0.15) is 0 Å². The van der Waals surface area contributed by atoms with Crippen LogP contribution in [0.25, 0.3) is 0 Å². The molecule has 34 heavy (non-hydrogen) atoms. The van der Waals surface area contributed by atoms with Crippen LogP contribution in [0.3, 0.4) is 0 Å². The summed E-state index contributed by atoms with van der Waals surface area (Å²) in [5.41, 5.74) is -1.01. The topological polar surface area (TPSA) is 103 Å². The Morgan fingerprint density at radius 3 is 1.41 bits per heavy atom. The van der Waals surface area contributed by atoms with E-state index in [-0.39, 0.29) is 24.4 Å². The van der Waals surface area contributed by atoms with Gasteiger partial charge < -0.3 is 28.7 Å². The lowest BCUT2D eigenvalue weighted by Gasteiger charge is -2.33. The Hall–Kier alpha value is -2.78. The monoisotopic (exact) mass is 478 g/mol. The molecule has 2 aliphatic heterocycles. The minimum atomic E-state index is -0.506. The fourth-order valence-electron chi connectivity index (χ4n) is 3.76. The van der Waals surface area contributed by atoms with Crippen molar-refractivity contribution in [2.24, 2.45) is 0 Å². The molecule has 2 saturated heterocycles. The van der Waals surface area contributed by atoms with Crippen LogP contribution in [0.4, 0.5) is 9.59 Å². The molecule has 0 aromatic carbocycles. The van der Waals surface area contributed by atoms with E-state index in [1.807, 2.05) is 41.5 Å². The maximum absolute atomic E-state index is 12.2. The molecule has 0 aliphatic carbocycles. The van der Waals surface area contributed by atoms with Gasteiger partial charge >= 0.3 is 12.2 Å². The van der Waals surface area contributed by atoms with Crippen LogP contribution in [0.1, 0.15) is 67.2 Å². The van der Waals surface area contributed by atoms with Gasteiger partial charge in [0.1, 0.15) is 29.7 Å². The third kappa shape index (κ3) is 8.22. The molecule has 2 amide bonds. The third-order valence-corrected chi connectivity index (χ3v) is 5.38. The van der Waals surface area contributed by atoms with E-state index in [1.54, 1.807) is 15.9 Å². The van der Waals surface area contributed by atoms with Crippen LogP contribution in [0.15, 0.2) is 12.4 Å². The highest BCUT2D eigenvalue weighted by Gasteiger charge is 2.29. The van der Waals surface area contributed by atoms with Crippen molar-refractivity contribution in [3.8, 4) is 11.8 Å². The number of aromatic nitrogens is 2. The third-order valence-electron chi connectivity index (χ3n) is 5.38. The van der Waals surface area contributed by atoms with Gasteiger partial charge in [0, 0.05) is 51.9 Å². The Morgan fingerprint density at radius 2 is 1.09 bits per heavy atom. The van der Waals surface area contributed by atoms with Gasteiger partial charge in [-0.3, -0.25) is 0 Å². The molecule has 0 unspecified atom stereocenters. The second kappa shape index (κ2) is 10.7. The number of piperidine rings is 2. The molecule has 0 N–H and O–H groups in total. The van der Waals surface area contributed by atoms with Crippen LogP contribution < -0.4 is 9.47 Å². The highest BCUT2D eigenvalue weighted by molar-refractivity contribution is 5.68. The number of carbonyl (C=O) groups excluding carboxylic acids is 2. The summed E-state index contributed by atoms with van der Waals surface area (Å²) in [5.74, 6) is 0.902. The average Bonchev–Trinajstić information content (AvgIpc) is 2.72. The molecule has 1 aromatic rings. The molecular weight excluding hydrogens is 440 g/mol. The van der Waals surface area contributed by atoms with Crippen LogP contribution in [-0.4, -0.2) is 81.5 Å². The fourth-order valence-corrected chi connectivity index (χ4v) is 3.76. The molecule has 2 aliphatic rings. The molecular formula is C24H38N4O6. The van der Waals surface area contributed by atoms with Gasteiger partial charge in [0.15, 0.2) is 0 Å². The molecule has 10 nitrogen and oxygen atoms in total. The lowest BCUT2D eigenvalue weighted by atomic mass is 10.1. The van der Waals surface area contributed by atoms with Crippen molar-refractivity contribution in [3.05, 3.63) is 12.4 Å². The first-order valence-electron chi connectivity index (χ1n) is 12.0. The van der Waals surface area contributed by atoms with E-state index in [0.29, 0.717) is 63.6 Å². The maximum atomic E-state index is 12.2. The molecule has 0 saturated carbocycles. The minimum absolute atomic E-state index is 0.0431. The van der Waals surface area contributed by atoms with Crippen LogP contribution >= 0.6 is 0 Å². The Balaban J connectivity index is 1.44. The zero-order chi connectivity index (χ0) is 24.9. The largest absolute Gasteiger partial charge is 0.474 e. The number of rotatable bonds is 4. The van der Waals surface area contributed by atoms with Crippen molar-refractivity contribution in [1.29, 1.82) is 0 Å².